The molecule has 0 bridgehead atoms. The summed E-state index contributed by atoms with van der Waals surface area (Å²) in [4.78, 5) is -1.29. The lowest BCUT2D eigenvalue weighted by Crippen LogP contribution is -2.22. The van der Waals surface area contributed by atoms with Crippen LogP contribution in [0.5, 0.6) is 0 Å². The van der Waals surface area contributed by atoms with Gasteiger partial charge in [-0.15, -0.1) is 0 Å². The topological polar surface area (TPSA) is 186 Å². The van der Waals surface area contributed by atoms with E-state index in [1.165, 1.54) is 30.3 Å². The van der Waals surface area contributed by atoms with E-state index in [0.717, 1.165) is 9.36 Å². The molecule has 4 rings (SSSR count). The number of anilines is 2. The van der Waals surface area contributed by atoms with Crippen molar-refractivity contribution in [2.45, 2.75) is 16.5 Å². The van der Waals surface area contributed by atoms with E-state index in [1.807, 2.05) is 0 Å². The number of aromatic nitrogens is 4. The van der Waals surface area contributed by atoms with Gasteiger partial charge in [-0.2, -0.15) is 29.5 Å². The largest absolute Gasteiger partial charge is 0.383 e. The van der Waals surface area contributed by atoms with E-state index in [-0.39, 0.29) is 57.9 Å². The van der Waals surface area contributed by atoms with Crippen LogP contribution in [0.1, 0.15) is 11.4 Å². The fourth-order valence-electron chi connectivity index (χ4n) is 3.47. The Kier molecular flexibility index (Phi) is 12.7. The molecule has 0 aliphatic rings. The monoisotopic (exact) mass is 972 g/mol. The Morgan fingerprint density at radius 1 is 0.787 bits per heavy atom. The van der Waals surface area contributed by atoms with Gasteiger partial charge >= 0.3 is 6.74 Å². The Balaban J connectivity index is 0.000000256. The van der Waals surface area contributed by atoms with Crippen LogP contribution >= 0.6 is 125 Å². The number of halogens is 12. The molecule has 3 unspecified atom stereocenters. The van der Waals surface area contributed by atoms with Gasteiger partial charge in [-0.3, -0.25) is 0 Å². The maximum atomic E-state index is 13.8. The number of benzene rings is 2. The minimum absolute atomic E-state index is 0.0219. The quantitative estimate of drug-likeness (QED) is 0.178. The van der Waals surface area contributed by atoms with Crippen molar-refractivity contribution < 1.29 is 21.4 Å². The summed E-state index contributed by atoms with van der Waals surface area (Å²) in [6.45, 7) is 0. The van der Waals surface area contributed by atoms with Crippen LogP contribution in [0.2, 0.25) is 30.1 Å². The highest BCUT2D eigenvalue weighted by molar-refractivity contribution is 9.12. The van der Waals surface area contributed by atoms with Gasteiger partial charge < -0.3 is 11.5 Å². The van der Waals surface area contributed by atoms with Crippen molar-refractivity contribution in [3.63, 3.8) is 0 Å². The Morgan fingerprint density at radius 2 is 1.15 bits per heavy atom. The van der Waals surface area contributed by atoms with Gasteiger partial charge in [0.2, 0.25) is 9.84 Å². The predicted molar refractivity (Wildman–Crippen MR) is 186 cm³/mol. The van der Waals surface area contributed by atoms with Gasteiger partial charge in [0.25, 0.3) is 0 Å². The molecule has 2 heterocycles. The molecule has 0 aliphatic carbocycles. The average molecular weight is 978 g/mol. The molecule has 2 aromatic heterocycles. The van der Waals surface area contributed by atoms with Crippen LogP contribution in [0.3, 0.4) is 0 Å². The fraction of sp³-hybridized carbons (Fsp3) is 0.0909. The number of rotatable bonds is 6. The maximum Gasteiger partial charge on any atom is 0.342 e. The number of nitriles is 2. The normalized spacial score (nSPS) is 14.6. The lowest BCUT2D eigenvalue weighted by molar-refractivity contribution is 0.483. The molecule has 11 nitrogen and oxygen atoms in total. The third-order valence-electron chi connectivity index (χ3n) is 5.32. The number of nitrogen functional groups attached to an aromatic ring is 2. The van der Waals surface area contributed by atoms with Gasteiger partial charge in [-0.25, -0.2) is 22.0 Å². The molecule has 47 heavy (non-hydrogen) atoms. The van der Waals surface area contributed by atoms with Crippen molar-refractivity contribution in [3.8, 4) is 23.5 Å². The number of hydrogen-bond acceptors (Lipinski definition) is 9. The van der Waals surface area contributed by atoms with E-state index < -0.39 is 43.8 Å². The summed E-state index contributed by atoms with van der Waals surface area (Å²) in [5, 5.41) is 26.4. The van der Waals surface area contributed by atoms with E-state index >= 15 is 0 Å². The van der Waals surface area contributed by atoms with Crippen LogP contribution < -0.4 is 11.5 Å². The maximum absolute atomic E-state index is 13.8. The number of sulfone groups is 1. The van der Waals surface area contributed by atoms with E-state index in [4.69, 9.17) is 115 Å². The highest BCUT2D eigenvalue weighted by Crippen LogP contribution is 2.43. The van der Waals surface area contributed by atoms with Crippen molar-refractivity contribution in [1.29, 1.82) is 10.5 Å². The molecular weight excluding hydrogens is 970 g/mol. The predicted octanol–water partition coefficient (Wildman–Crippen LogP) is 8.88. The zero-order valence-electron chi connectivity index (χ0n) is 21.7. The second kappa shape index (κ2) is 14.9. The molecule has 0 spiro atoms. The molecule has 0 saturated carbocycles. The Bertz CT molecular complexity index is 2100. The van der Waals surface area contributed by atoms with E-state index in [0.29, 0.717) is 0 Å². The van der Waals surface area contributed by atoms with E-state index in [2.05, 4.69) is 42.1 Å². The van der Waals surface area contributed by atoms with Crippen LogP contribution in [0, 0.1) is 22.7 Å². The molecule has 0 amide bonds. The fourth-order valence-corrected chi connectivity index (χ4v) is 8.57. The number of hydrogen-bond donors (Lipinski definition) is 2. The summed E-state index contributed by atoms with van der Waals surface area (Å²) >= 11 is 50.9. The summed E-state index contributed by atoms with van der Waals surface area (Å²) in [5.41, 5.74) is 10.6. The molecule has 25 heteroatoms. The van der Waals surface area contributed by atoms with Gasteiger partial charge in [0.15, 0.2) is 16.3 Å². The molecule has 3 atom stereocenters. The molecule has 0 fully saturated rings. The SMILES string of the molecule is N#Cc1nn(-c2c(Cl)cc(Cl)cc2Cl)c(N)c1S(=O)(=O)C(F)(Cl)Br.N#Cc1nn(-c2c(Cl)cc(Cl)cc2Cl)c(N)c1S(=O)C(F)(Cl)Br. The first kappa shape index (κ1) is 40.1. The first-order chi connectivity index (χ1) is 21.5. The second-order valence-electron chi connectivity index (χ2n) is 8.27. The standard InChI is InChI=1S/C11H4BrCl4FN4O2S.C11H4BrCl4FN4OS/c12-11(16,17)24(22,23)9-7(3-18)20-21(10(9)19)8-5(14)1-4(13)2-6(8)15;12-11(16,17)23(22)9-7(3-18)20-21(10(9)19)8-5(14)1-4(13)2-6(8)15/h1-2H,19H2;1-2H,19H2. The Hall–Kier alpha value is -1.32. The molecule has 0 aliphatic heterocycles. The molecule has 4 N–H and O–H groups in total. The highest BCUT2D eigenvalue weighted by Gasteiger charge is 2.46. The summed E-state index contributed by atoms with van der Waals surface area (Å²) in [6.07, 6.45) is 0. The van der Waals surface area contributed by atoms with Gasteiger partial charge in [-0.05, 0) is 56.1 Å². The van der Waals surface area contributed by atoms with Crippen molar-refractivity contribution in [1.82, 2.24) is 19.6 Å². The smallest absolute Gasteiger partial charge is 0.342 e. The van der Waals surface area contributed by atoms with Crippen molar-refractivity contribution in [2.24, 2.45) is 0 Å². The lowest BCUT2D eigenvalue weighted by atomic mass is 10.3. The summed E-state index contributed by atoms with van der Waals surface area (Å²) in [7, 11) is -7.42. The molecule has 2 aromatic carbocycles. The van der Waals surface area contributed by atoms with Crippen LogP contribution in [0.4, 0.5) is 20.4 Å². The minimum atomic E-state index is -4.90. The molecule has 250 valence electrons. The van der Waals surface area contributed by atoms with Crippen molar-refractivity contribution in [3.05, 3.63) is 65.8 Å². The average Bonchev–Trinajstić information content (AvgIpc) is 3.42. The first-order valence-corrected chi connectivity index (χ1v) is 18.4. The highest BCUT2D eigenvalue weighted by atomic mass is 79.9. The van der Waals surface area contributed by atoms with Gasteiger partial charge in [-0.1, -0.05) is 92.8 Å². The van der Waals surface area contributed by atoms with Crippen LogP contribution in [0.15, 0.2) is 34.1 Å². The van der Waals surface area contributed by atoms with E-state index in [1.54, 1.807) is 6.07 Å². The number of nitrogens with zero attached hydrogens (tertiary/aromatic N) is 6. The third-order valence-corrected chi connectivity index (χ3v) is 12.8. The lowest BCUT2D eigenvalue weighted by Gasteiger charge is -2.12. The molecule has 0 saturated heterocycles. The third kappa shape index (κ3) is 8.19. The first-order valence-electron chi connectivity index (χ1n) is 11.2. The van der Waals surface area contributed by atoms with Gasteiger partial charge in [0, 0.05) is 10.0 Å². The zero-order valence-corrected chi connectivity index (χ0v) is 32.6. The second-order valence-corrected chi connectivity index (χ2v) is 19.9. The van der Waals surface area contributed by atoms with Crippen LogP contribution in [-0.4, -0.2) is 38.9 Å². The van der Waals surface area contributed by atoms with Crippen LogP contribution in [0.25, 0.3) is 11.4 Å². The minimum Gasteiger partial charge on any atom is -0.383 e. The zero-order chi connectivity index (χ0) is 36.0. The van der Waals surface area contributed by atoms with Gasteiger partial charge in [0.1, 0.15) is 50.8 Å². The van der Waals surface area contributed by atoms with E-state index in [9.17, 15) is 21.4 Å². The molecule has 0 radical (unpaired) electrons. The van der Waals surface area contributed by atoms with Crippen molar-refractivity contribution in [2.75, 3.05) is 11.5 Å². The summed E-state index contributed by atoms with van der Waals surface area (Å²) in [5.74, 6) is -0.895. The summed E-state index contributed by atoms with van der Waals surface area (Å²) in [6, 6.07) is 8.53. The van der Waals surface area contributed by atoms with Crippen molar-refractivity contribution >= 4 is 157 Å². The number of alkyl halides is 6. The van der Waals surface area contributed by atoms with Crippen LogP contribution in [-0.2, 0) is 20.6 Å². The Morgan fingerprint density at radius 3 is 1.49 bits per heavy atom. The summed E-state index contributed by atoms with van der Waals surface area (Å²) < 4.78 is 59.6. The Labute approximate surface area is 322 Å². The molecule has 4 aromatic rings. The van der Waals surface area contributed by atoms with Gasteiger partial charge in [0.05, 0.1) is 20.1 Å². The molecular formula is C22H8Br2Cl8F2N8O3S2. The number of nitrogens with two attached hydrogens (primary N) is 2.